The van der Waals surface area contributed by atoms with E-state index in [1.54, 1.807) is 0 Å². The number of nitrogens with one attached hydrogen (secondary N) is 1. The van der Waals surface area contributed by atoms with Crippen molar-refractivity contribution in [3.63, 3.8) is 0 Å². The first-order valence-corrected chi connectivity index (χ1v) is 7.85. The van der Waals surface area contributed by atoms with Gasteiger partial charge in [0.25, 0.3) is 0 Å². The van der Waals surface area contributed by atoms with Crippen LogP contribution in [0.5, 0.6) is 0 Å². The van der Waals surface area contributed by atoms with E-state index in [-0.39, 0.29) is 17.6 Å². The van der Waals surface area contributed by atoms with E-state index in [9.17, 15) is 8.42 Å². The fourth-order valence-electron chi connectivity index (χ4n) is 2.02. The van der Waals surface area contributed by atoms with Gasteiger partial charge in [-0.05, 0) is 37.3 Å². The standard InChI is InChI=1S/C10H15ClN4O2S/c11-10-14-8-4-2-1-3-7(8)9(15-10)13-5-6-18(12,16)17/h1-6H2,(H2,12,16,17)(H,13,14,15). The Bertz CT molecular complexity index is 547. The maximum absolute atomic E-state index is 10.9. The van der Waals surface area contributed by atoms with E-state index < -0.39 is 10.0 Å². The van der Waals surface area contributed by atoms with Gasteiger partial charge < -0.3 is 5.32 Å². The normalized spacial score (nSPS) is 15.2. The molecule has 0 aromatic carbocycles. The Labute approximate surface area is 111 Å². The highest BCUT2D eigenvalue weighted by atomic mass is 35.5. The Balaban J connectivity index is 2.14. The Kier molecular flexibility index (Phi) is 4.04. The van der Waals surface area contributed by atoms with Crippen LogP contribution in [0, 0.1) is 0 Å². The SMILES string of the molecule is NS(=O)(=O)CCNc1nc(Cl)nc2c1CCCC2. The molecule has 0 saturated heterocycles. The number of primary sulfonamides is 1. The van der Waals surface area contributed by atoms with Gasteiger partial charge in [0, 0.05) is 12.1 Å². The minimum absolute atomic E-state index is 0.136. The molecule has 0 unspecified atom stereocenters. The van der Waals surface area contributed by atoms with Gasteiger partial charge in [0.1, 0.15) is 5.82 Å². The van der Waals surface area contributed by atoms with Gasteiger partial charge in [0.2, 0.25) is 15.3 Å². The average Bonchev–Trinajstić information content (AvgIpc) is 2.27. The molecule has 1 aliphatic rings. The number of nitrogens with zero attached hydrogens (tertiary/aromatic N) is 2. The number of anilines is 1. The summed E-state index contributed by atoms with van der Waals surface area (Å²) in [5, 5.41) is 8.10. The first-order valence-electron chi connectivity index (χ1n) is 5.75. The molecule has 0 amide bonds. The second-order valence-electron chi connectivity index (χ2n) is 4.27. The lowest BCUT2D eigenvalue weighted by Crippen LogP contribution is -2.23. The Morgan fingerprint density at radius 1 is 1.28 bits per heavy atom. The van der Waals surface area contributed by atoms with Crippen molar-refractivity contribution in [3.05, 3.63) is 16.5 Å². The molecule has 1 aromatic heterocycles. The van der Waals surface area contributed by atoms with Crippen molar-refractivity contribution in [1.82, 2.24) is 9.97 Å². The molecule has 18 heavy (non-hydrogen) atoms. The first-order chi connectivity index (χ1) is 8.46. The third-order valence-corrected chi connectivity index (χ3v) is 3.78. The quantitative estimate of drug-likeness (QED) is 0.796. The number of aromatic nitrogens is 2. The van der Waals surface area contributed by atoms with Crippen LogP contribution in [0.25, 0.3) is 0 Å². The van der Waals surface area contributed by atoms with Crippen molar-refractivity contribution in [3.8, 4) is 0 Å². The second-order valence-corrected chi connectivity index (χ2v) is 6.34. The van der Waals surface area contributed by atoms with E-state index in [0.717, 1.165) is 36.9 Å². The van der Waals surface area contributed by atoms with Gasteiger partial charge in [-0.25, -0.2) is 23.5 Å². The number of hydrogen-bond acceptors (Lipinski definition) is 5. The van der Waals surface area contributed by atoms with Gasteiger partial charge in [0.15, 0.2) is 0 Å². The first kappa shape index (κ1) is 13.5. The number of hydrogen-bond donors (Lipinski definition) is 2. The monoisotopic (exact) mass is 290 g/mol. The maximum Gasteiger partial charge on any atom is 0.224 e. The van der Waals surface area contributed by atoms with Crippen LogP contribution in [-0.4, -0.2) is 30.7 Å². The summed E-state index contributed by atoms with van der Waals surface area (Å²) >= 11 is 5.85. The van der Waals surface area contributed by atoms with Crippen molar-refractivity contribution in [2.75, 3.05) is 17.6 Å². The molecule has 3 N–H and O–H groups in total. The molecule has 0 spiro atoms. The molecule has 0 aliphatic heterocycles. The summed E-state index contributed by atoms with van der Waals surface area (Å²) in [6.07, 6.45) is 3.96. The van der Waals surface area contributed by atoms with Gasteiger partial charge in [-0.3, -0.25) is 0 Å². The molecule has 1 heterocycles. The van der Waals surface area contributed by atoms with Crippen molar-refractivity contribution >= 4 is 27.4 Å². The van der Waals surface area contributed by atoms with Crippen LogP contribution < -0.4 is 10.5 Å². The number of fused-ring (bicyclic) bond motifs is 1. The number of rotatable bonds is 4. The second kappa shape index (κ2) is 5.38. The van der Waals surface area contributed by atoms with Crippen LogP contribution in [0.15, 0.2) is 0 Å². The molecule has 100 valence electrons. The van der Waals surface area contributed by atoms with Crippen LogP contribution in [0.1, 0.15) is 24.1 Å². The van der Waals surface area contributed by atoms with Gasteiger partial charge in [-0.2, -0.15) is 0 Å². The lowest BCUT2D eigenvalue weighted by molar-refractivity contribution is 0.598. The highest BCUT2D eigenvalue weighted by molar-refractivity contribution is 7.89. The van der Waals surface area contributed by atoms with Gasteiger partial charge in [-0.15, -0.1) is 0 Å². The topological polar surface area (TPSA) is 98.0 Å². The molecule has 8 heteroatoms. The summed E-state index contributed by atoms with van der Waals surface area (Å²) in [5.74, 6) is 0.497. The lowest BCUT2D eigenvalue weighted by atomic mass is 9.96. The predicted octanol–water partition coefficient (Wildman–Crippen LogP) is 0.709. The molecule has 0 fully saturated rings. The molecule has 1 aromatic rings. The molecule has 0 atom stereocenters. The zero-order valence-electron chi connectivity index (χ0n) is 9.82. The van der Waals surface area contributed by atoms with Crippen LogP contribution in [-0.2, 0) is 22.9 Å². The zero-order valence-corrected chi connectivity index (χ0v) is 11.4. The van der Waals surface area contributed by atoms with E-state index in [1.807, 2.05) is 0 Å². The molecule has 0 saturated carbocycles. The highest BCUT2D eigenvalue weighted by Crippen LogP contribution is 2.26. The molecule has 1 aliphatic carbocycles. The number of nitrogens with two attached hydrogens (primary N) is 1. The van der Waals surface area contributed by atoms with Crippen LogP contribution in [0.3, 0.4) is 0 Å². The third kappa shape index (κ3) is 3.54. The summed E-state index contributed by atoms with van der Waals surface area (Å²) in [5.41, 5.74) is 2.00. The molecule has 6 nitrogen and oxygen atoms in total. The summed E-state index contributed by atoms with van der Waals surface area (Å²) < 4.78 is 21.7. The number of halogens is 1. The van der Waals surface area contributed by atoms with Crippen LogP contribution in [0.2, 0.25) is 5.28 Å². The Morgan fingerprint density at radius 3 is 2.72 bits per heavy atom. The highest BCUT2D eigenvalue weighted by Gasteiger charge is 2.17. The summed E-state index contributed by atoms with van der Waals surface area (Å²) in [4.78, 5) is 8.32. The molecule has 0 bridgehead atoms. The van der Waals surface area contributed by atoms with Crippen molar-refractivity contribution in [1.29, 1.82) is 0 Å². The van der Waals surface area contributed by atoms with E-state index in [0.29, 0.717) is 5.82 Å². The maximum atomic E-state index is 10.9. The van der Waals surface area contributed by atoms with E-state index in [2.05, 4.69) is 15.3 Å². The summed E-state index contributed by atoms with van der Waals surface area (Å²) in [7, 11) is -3.46. The van der Waals surface area contributed by atoms with Gasteiger partial charge in [-0.1, -0.05) is 0 Å². The summed E-state index contributed by atoms with van der Waals surface area (Å²) in [6, 6.07) is 0. The molecular formula is C10H15ClN4O2S. The number of aryl methyl sites for hydroxylation is 1. The minimum atomic E-state index is -3.46. The van der Waals surface area contributed by atoms with E-state index in [4.69, 9.17) is 16.7 Å². The van der Waals surface area contributed by atoms with Crippen molar-refractivity contribution < 1.29 is 8.42 Å². The smallest absolute Gasteiger partial charge is 0.224 e. The molecule has 2 rings (SSSR count). The van der Waals surface area contributed by atoms with Crippen molar-refractivity contribution in [2.24, 2.45) is 5.14 Å². The van der Waals surface area contributed by atoms with Crippen molar-refractivity contribution in [2.45, 2.75) is 25.7 Å². The summed E-state index contributed by atoms with van der Waals surface area (Å²) in [6.45, 7) is 0.221. The van der Waals surface area contributed by atoms with Crippen LogP contribution >= 0.6 is 11.6 Å². The van der Waals surface area contributed by atoms with Gasteiger partial charge >= 0.3 is 0 Å². The van der Waals surface area contributed by atoms with Gasteiger partial charge in [0.05, 0.1) is 11.4 Å². The Hall–Kier alpha value is -0.920. The Morgan fingerprint density at radius 2 is 2.00 bits per heavy atom. The molecule has 0 radical (unpaired) electrons. The van der Waals surface area contributed by atoms with E-state index >= 15 is 0 Å². The lowest BCUT2D eigenvalue weighted by Gasteiger charge is -2.18. The zero-order chi connectivity index (χ0) is 13.2. The minimum Gasteiger partial charge on any atom is -0.369 e. The fraction of sp³-hybridized carbons (Fsp3) is 0.600. The average molecular weight is 291 g/mol. The van der Waals surface area contributed by atoms with E-state index in [1.165, 1.54) is 0 Å². The fourth-order valence-corrected chi connectivity index (χ4v) is 2.59. The number of sulfonamides is 1. The third-order valence-electron chi connectivity index (χ3n) is 2.83. The van der Waals surface area contributed by atoms with Crippen LogP contribution in [0.4, 0.5) is 5.82 Å². The predicted molar refractivity (Wildman–Crippen MR) is 70.1 cm³/mol. The largest absolute Gasteiger partial charge is 0.369 e. The molecular weight excluding hydrogens is 276 g/mol.